The lowest BCUT2D eigenvalue weighted by Gasteiger charge is -2.08. The molecular formula is C22H17N5O. The van der Waals surface area contributed by atoms with E-state index >= 15 is 0 Å². The van der Waals surface area contributed by atoms with Gasteiger partial charge in [0.05, 0.1) is 29.8 Å². The van der Waals surface area contributed by atoms with Crippen LogP contribution in [0.5, 0.6) is 0 Å². The molecule has 3 heterocycles. The summed E-state index contributed by atoms with van der Waals surface area (Å²) in [5.41, 5.74) is 5.09. The number of aliphatic imine (C=N–C) groups is 1. The Kier molecular flexibility index (Phi) is 3.87. The second kappa shape index (κ2) is 6.66. The Labute approximate surface area is 161 Å². The van der Waals surface area contributed by atoms with Gasteiger partial charge in [-0.1, -0.05) is 12.1 Å². The number of imidazole rings is 1. The molecule has 4 aromatic rings. The predicted molar refractivity (Wildman–Crippen MR) is 109 cm³/mol. The molecule has 0 atom stereocenters. The van der Waals surface area contributed by atoms with E-state index in [1.54, 1.807) is 12.5 Å². The number of hydrogen-bond donors (Lipinski definition) is 1. The van der Waals surface area contributed by atoms with Crippen LogP contribution in [0.15, 0.2) is 90.7 Å². The van der Waals surface area contributed by atoms with Gasteiger partial charge >= 0.3 is 0 Å². The van der Waals surface area contributed by atoms with Gasteiger partial charge in [0.2, 0.25) is 5.91 Å². The van der Waals surface area contributed by atoms with Crippen molar-refractivity contribution in [3.8, 4) is 11.4 Å². The van der Waals surface area contributed by atoms with Gasteiger partial charge in [-0.05, 0) is 48.0 Å². The van der Waals surface area contributed by atoms with Gasteiger partial charge in [0.1, 0.15) is 0 Å². The minimum Gasteiger partial charge on any atom is -0.324 e. The number of fused-ring (bicyclic) bond motifs is 1. The van der Waals surface area contributed by atoms with Crippen LogP contribution in [0.1, 0.15) is 12.0 Å². The third-order valence-electron chi connectivity index (χ3n) is 4.72. The molecule has 6 heteroatoms. The minimum absolute atomic E-state index is 0.0739. The molecule has 28 heavy (non-hydrogen) atoms. The van der Waals surface area contributed by atoms with E-state index in [9.17, 15) is 4.79 Å². The van der Waals surface area contributed by atoms with Gasteiger partial charge < -0.3 is 14.5 Å². The molecule has 0 spiro atoms. The topological polar surface area (TPSA) is 64.2 Å². The standard InChI is InChI=1S/C22H17N5O/c28-22-14-20(16-4-3-5-17(12-16)27-11-8-23-15-27)24-19-7-6-18(13-21(19)25-22)26-9-1-2-10-26/h1-13,15H,14H2,(H,25,28). The molecule has 1 aliphatic heterocycles. The second-order valence-electron chi connectivity index (χ2n) is 6.60. The molecule has 0 bridgehead atoms. The van der Waals surface area contributed by atoms with Crippen LogP contribution in [0.2, 0.25) is 0 Å². The van der Waals surface area contributed by atoms with Gasteiger partial charge in [-0.15, -0.1) is 0 Å². The van der Waals surface area contributed by atoms with Crippen molar-refractivity contribution in [2.45, 2.75) is 6.42 Å². The Balaban J connectivity index is 1.56. The highest BCUT2D eigenvalue weighted by molar-refractivity contribution is 6.17. The molecular weight excluding hydrogens is 350 g/mol. The van der Waals surface area contributed by atoms with Crippen molar-refractivity contribution in [3.63, 3.8) is 0 Å². The monoisotopic (exact) mass is 367 g/mol. The number of carbonyl (C=O) groups is 1. The van der Waals surface area contributed by atoms with Crippen LogP contribution >= 0.6 is 0 Å². The summed E-state index contributed by atoms with van der Waals surface area (Å²) in [6.45, 7) is 0. The highest BCUT2D eigenvalue weighted by Crippen LogP contribution is 2.31. The fourth-order valence-corrected chi connectivity index (χ4v) is 3.34. The first-order chi connectivity index (χ1) is 13.8. The Morgan fingerprint density at radius 3 is 2.57 bits per heavy atom. The summed E-state index contributed by atoms with van der Waals surface area (Å²) >= 11 is 0. The molecule has 1 N–H and O–H groups in total. The fraction of sp³-hybridized carbons (Fsp3) is 0.0455. The maximum absolute atomic E-state index is 12.5. The van der Waals surface area contributed by atoms with Crippen LogP contribution in [0.3, 0.4) is 0 Å². The van der Waals surface area contributed by atoms with Crippen molar-refractivity contribution in [1.29, 1.82) is 0 Å². The largest absolute Gasteiger partial charge is 0.324 e. The summed E-state index contributed by atoms with van der Waals surface area (Å²) in [5.74, 6) is -0.0739. The quantitative estimate of drug-likeness (QED) is 0.592. The molecule has 0 saturated heterocycles. The van der Waals surface area contributed by atoms with E-state index in [4.69, 9.17) is 4.99 Å². The predicted octanol–water partition coefficient (Wildman–Crippen LogP) is 4.13. The molecule has 0 aliphatic carbocycles. The summed E-state index contributed by atoms with van der Waals surface area (Å²) in [6.07, 6.45) is 9.54. The van der Waals surface area contributed by atoms with Crippen LogP contribution in [0.25, 0.3) is 11.4 Å². The number of carbonyl (C=O) groups excluding carboxylic acids is 1. The Bertz CT molecular complexity index is 1170. The van der Waals surface area contributed by atoms with Crippen LogP contribution < -0.4 is 5.32 Å². The number of amides is 1. The van der Waals surface area contributed by atoms with Crippen LogP contribution in [0.4, 0.5) is 11.4 Å². The lowest BCUT2D eigenvalue weighted by Crippen LogP contribution is -2.15. The van der Waals surface area contributed by atoms with Crippen molar-refractivity contribution in [3.05, 3.63) is 91.3 Å². The zero-order chi connectivity index (χ0) is 18.9. The van der Waals surface area contributed by atoms with E-state index in [0.29, 0.717) is 0 Å². The molecule has 0 saturated carbocycles. The van der Waals surface area contributed by atoms with Crippen LogP contribution in [-0.4, -0.2) is 25.7 Å². The zero-order valence-electron chi connectivity index (χ0n) is 15.0. The van der Waals surface area contributed by atoms with Gasteiger partial charge in [-0.25, -0.2) is 4.98 Å². The first-order valence-corrected chi connectivity index (χ1v) is 9.00. The number of rotatable bonds is 3. The first-order valence-electron chi connectivity index (χ1n) is 9.00. The van der Waals surface area contributed by atoms with E-state index in [-0.39, 0.29) is 12.3 Å². The second-order valence-corrected chi connectivity index (χ2v) is 6.60. The number of anilines is 1. The third-order valence-corrected chi connectivity index (χ3v) is 4.72. The third kappa shape index (κ3) is 3.01. The van der Waals surface area contributed by atoms with E-state index in [2.05, 4.69) is 10.3 Å². The SMILES string of the molecule is O=C1CC(c2cccc(-n3ccnc3)c2)=Nc2ccc(-n3cccc3)cc2N1. The molecule has 5 rings (SSSR count). The van der Waals surface area contributed by atoms with E-state index < -0.39 is 0 Å². The van der Waals surface area contributed by atoms with Crippen molar-refractivity contribution >= 4 is 23.0 Å². The average Bonchev–Trinajstić information content (AvgIpc) is 3.40. The highest BCUT2D eigenvalue weighted by atomic mass is 16.1. The van der Waals surface area contributed by atoms with Gasteiger partial charge in [-0.3, -0.25) is 9.79 Å². The maximum Gasteiger partial charge on any atom is 0.230 e. The van der Waals surface area contributed by atoms with Gasteiger partial charge in [0.15, 0.2) is 0 Å². The Morgan fingerprint density at radius 1 is 0.893 bits per heavy atom. The summed E-state index contributed by atoms with van der Waals surface area (Å²) in [4.78, 5) is 21.4. The van der Waals surface area contributed by atoms with Crippen LogP contribution in [-0.2, 0) is 4.79 Å². The molecule has 0 unspecified atom stereocenters. The highest BCUT2D eigenvalue weighted by Gasteiger charge is 2.18. The molecule has 2 aromatic heterocycles. The fourth-order valence-electron chi connectivity index (χ4n) is 3.34. The van der Waals surface area contributed by atoms with Crippen molar-refractivity contribution in [2.24, 2.45) is 4.99 Å². The Morgan fingerprint density at radius 2 is 1.75 bits per heavy atom. The molecule has 1 aliphatic rings. The molecule has 136 valence electrons. The van der Waals surface area contributed by atoms with E-state index in [1.807, 2.05) is 82.3 Å². The number of aromatic nitrogens is 3. The smallest absolute Gasteiger partial charge is 0.230 e. The maximum atomic E-state index is 12.5. The normalized spacial score (nSPS) is 13.4. The Hall–Kier alpha value is -3.93. The number of nitrogens with one attached hydrogen (secondary N) is 1. The lowest BCUT2D eigenvalue weighted by atomic mass is 10.1. The van der Waals surface area contributed by atoms with Crippen molar-refractivity contribution in [2.75, 3.05) is 5.32 Å². The lowest BCUT2D eigenvalue weighted by molar-refractivity contribution is -0.115. The first kappa shape index (κ1) is 16.3. The van der Waals surface area contributed by atoms with Crippen LogP contribution in [0, 0.1) is 0 Å². The molecule has 2 aromatic carbocycles. The molecule has 0 fully saturated rings. The molecule has 6 nitrogen and oxygen atoms in total. The van der Waals surface area contributed by atoms with Gasteiger partial charge in [0, 0.05) is 36.2 Å². The minimum atomic E-state index is -0.0739. The zero-order valence-corrected chi connectivity index (χ0v) is 15.0. The van der Waals surface area contributed by atoms with Gasteiger partial charge in [0.25, 0.3) is 0 Å². The van der Waals surface area contributed by atoms with Crippen molar-refractivity contribution < 1.29 is 4.79 Å². The molecule has 0 radical (unpaired) electrons. The van der Waals surface area contributed by atoms with E-state index in [0.717, 1.165) is 34.0 Å². The molecule has 1 amide bonds. The number of nitrogens with zero attached hydrogens (tertiary/aromatic N) is 4. The summed E-state index contributed by atoms with van der Waals surface area (Å²) in [5, 5.41) is 2.98. The summed E-state index contributed by atoms with van der Waals surface area (Å²) < 4.78 is 3.93. The van der Waals surface area contributed by atoms with Crippen molar-refractivity contribution in [1.82, 2.24) is 14.1 Å². The number of hydrogen-bond acceptors (Lipinski definition) is 3. The summed E-state index contributed by atoms with van der Waals surface area (Å²) in [6, 6.07) is 17.8. The average molecular weight is 367 g/mol. The van der Waals surface area contributed by atoms with Gasteiger partial charge in [-0.2, -0.15) is 0 Å². The number of benzene rings is 2. The summed E-state index contributed by atoms with van der Waals surface area (Å²) in [7, 11) is 0. The van der Waals surface area contributed by atoms with E-state index in [1.165, 1.54) is 0 Å².